The average molecular weight is 275 g/mol. The van der Waals surface area contributed by atoms with Crippen LogP contribution < -0.4 is 0 Å². The molecule has 4 heteroatoms. The summed E-state index contributed by atoms with van der Waals surface area (Å²) >= 11 is 2.15. The molecule has 0 amide bonds. The van der Waals surface area contributed by atoms with E-state index in [2.05, 4.69) is 41.4 Å². The lowest BCUT2D eigenvalue weighted by Crippen LogP contribution is -2.04. The van der Waals surface area contributed by atoms with Crippen molar-refractivity contribution in [2.45, 2.75) is 20.4 Å². The average Bonchev–Trinajstić information content (AvgIpc) is 2.32. The Balaban J connectivity index is 2.89. The first kappa shape index (κ1) is 9.52. The third kappa shape index (κ3) is 1.97. The molecule has 0 saturated carbocycles. The number of rotatable bonds is 2. The number of hydrogen-bond donors (Lipinski definition) is 0. The van der Waals surface area contributed by atoms with Gasteiger partial charge in [-0.25, -0.2) is 4.98 Å². The zero-order valence-electron chi connectivity index (χ0n) is 7.08. The molecule has 0 aromatic carbocycles. The molecule has 3 nitrogen and oxygen atoms in total. The third-order valence-electron chi connectivity index (χ3n) is 1.44. The van der Waals surface area contributed by atoms with E-state index in [1.54, 1.807) is 6.33 Å². The fourth-order valence-corrected chi connectivity index (χ4v) is 1.54. The van der Waals surface area contributed by atoms with Crippen molar-refractivity contribution in [3.63, 3.8) is 0 Å². The van der Waals surface area contributed by atoms with Crippen LogP contribution in [0.2, 0.25) is 0 Å². The maximum Gasteiger partial charge on any atom is 0.172 e. The van der Waals surface area contributed by atoms with Crippen LogP contribution in [0.25, 0.3) is 0 Å². The fraction of sp³-hybridized carbons (Fsp3) is 0.500. The van der Waals surface area contributed by atoms with Crippen LogP contribution in [0.15, 0.2) is 6.33 Å². The third-order valence-corrected chi connectivity index (χ3v) is 2.57. The molecular weight excluding hydrogens is 265 g/mol. The monoisotopic (exact) mass is 275 g/mol. The molecule has 64 valence electrons. The minimum absolute atomic E-state index is 0.524. The minimum Gasteiger partial charge on any atom is -0.325 e. The summed E-state index contributed by atoms with van der Waals surface area (Å²) in [7, 11) is 0. The van der Waals surface area contributed by atoms with Gasteiger partial charge in [0.05, 0.1) is 6.33 Å². The van der Waals surface area contributed by atoms with E-state index in [0.29, 0.717) is 11.6 Å². The van der Waals surface area contributed by atoms with Crippen LogP contribution in [0.5, 0.6) is 0 Å². The van der Waals surface area contributed by atoms with E-state index in [1.165, 1.54) is 0 Å². The van der Waals surface area contributed by atoms with Crippen molar-refractivity contribution in [2.75, 3.05) is 0 Å². The summed E-state index contributed by atoms with van der Waals surface area (Å²) in [4.78, 5) is 3.98. The van der Waals surface area contributed by atoms with E-state index in [1.807, 2.05) is 10.6 Å². The Kier molecular flexibility index (Phi) is 3.09. The largest absolute Gasteiger partial charge is 0.325 e. The van der Waals surface area contributed by atoms with E-state index in [0.717, 1.165) is 10.2 Å². The molecule has 0 aliphatic rings. The van der Waals surface area contributed by atoms with Crippen molar-refractivity contribution in [3.8, 4) is 6.07 Å². The molecule has 0 saturated heterocycles. The quantitative estimate of drug-likeness (QED) is 0.775. The zero-order chi connectivity index (χ0) is 9.14. The number of halogens is 1. The highest BCUT2D eigenvalue weighted by atomic mass is 127. The first-order valence-corrected chi connectivity index (χ1v) is 4.83. The van der Waals surface area contributed by atoms with E-state index in [9.17, 15) is 0 Å². The SMILES string of the molecule is CC(C)Cn1cnc(C#N)c1I. The van der Waals surface area contributed by atoms with Gasteiger partial charge in [-0.3, -0.25) is 0 Å². The lowest BCUT2D eigenvalue weighted by molar-refractivity contribution is 0.516. The first-order chi connectivity index (χ1) is 5.65. The second-order valence-corrected chi connectivity index (χ2v) is 4.06. The first-order valence-electron chi connectivity index (χ1n) is 3.76. The van der Waals surface area contributed by atoms with Gasteiger partial charge in [-0.2, -0.15) is 5.26 Å². The molecule has 0 N–H and O–H groups in total. The predicted octanol–water partition coefficient (Wildman–Crippen LogP) is 2.02. The van der Waals surface area contributed by atoms with E-state index in [-0.39, 0.29) is 0 Å². The van der Waals surface area contributed by atoms with Crippen molar-refractivity contribution in [2.24, 2.45) is 5.92 Å². The number of imidazole rings is 1. The Morgan fingerprint density at radius 2 is 2.42 bits per heavy atom. The summed E-state index contributed by atoms with van der Waals surface area (Å²) in [5.74, 6) is 0.583. The topological polar surface area (TPSA) is 41.6 Å². The second-order valence-electron chi connectivity index (χ2n) is 3.04. The number of hydrogen-bond acceptors (Lipinski definition) is 2. The molecule has 0 unspecified atom stereocenters. The molecule has 1 aromatic rings. The van der Waals surface area contributed by atoms with Crippen molar-refractivity contribution < 1.29 is 0 Å². The Hall–Kier alpha value is -0.570. The molecule has 0 atom stereocenters. The summed E-state index contributed by atoms with van der Waals surface area (Å²) in [6, 6.07) is 2.05. The molecule has 0 aliphatic heterocycles. The molecule has 1 heterocycles. The van der Waals surface area contributed by atoms with Crippen LogP contribution in [-0.2, 0) is 6.54 Å². The molecule has 0 bridgehead atoms. The van der Waals surface area contributed by atoms with Gasteiger partial charge in [-0.05, 0) is 28.5 Å². The van der Waals surface area contributed by atoms with Gasteiger partial charge in [-0.15, -0.1) is 0 Å². The van der Waals surface area contributed by atoms with Crippen molar-refractivity contribution in [1.29, 1.82) is 5.26 Å². The van der Waals surface area contributed by atoms with Gasteiger partial charge in [0, 0.05) is 6.54 Å². The molecule has 0 aliphatic carbocycles. The molecule has 0 spiro atoms. The normalized spacial score (nSPS) is 10.2. The van der Waals surface area contributed by atoms with Gasteiger partial charge in [0.15, 0.2) is 5.69 Å². The smallest absolute Gasteiger partial charge is 0.172 e. The molecule has 0 fully saturated rings. The van der Waals surface area contributed by atoms with Gasteiger partial charge in [0.2, 0.25) is 0 Å². The van der Waals surface area contributed by atoms with Gasteiger partial charge >= 0.3 is 0 Å². The highest BCUT2D eigenvalue weighted by Gasteiger charge is 2.07. The zero-order valence-corrected chi connectivity index (χ0v) is 9.24. The Labute approximate surface area is 85.5 Å². The van der Waals surface area contributed by atoms with Crippen LogP contribution in [0.1, 0.15) is 19.5 Å². The summed E-state index contributed by atoms with van der Waals surface area (Å²) in [6.07, 6.45) is 1.72. The van der Waals surface area contributed by atoms with Gasteiger partial charge in [0.25, 0.3) is 0 Å². The predicted molar refractivity (Wildman–Crippen MR) is 54.5 cm³/mol. The minimum atomic E-state index is 0.524. The van der Waals surface area contributed by atoms with E-state index >= 15 is 0 Å². The molecule has 0 radical (unpaired) electrons. The van der Waals surface area contributed by atoms with Gasteiger partial charge in [0.1, 0.15) is 9.77 Å². The highest BCUT2D eigenvalue weighted by Crippen LogP contribution is 2.11. The van der Waals surface area contributed by atoms with Crippen LogP contribution in [0.4, 0.5) is 0 Å². The molecule has 1 aromatic heterocycles. The van der Waals surface area contributed by atoms with Crippen LogP contribution >= 0.6 is 22.6 Å². The van der Waals surface area contributed by atoms with Gasteiger partial charge in [-0.1, -0.05) is 13.8 Å². The summed E-state index contributed by atoms with van der Waals surface area (Å²) in [5.41, 5.74) is 0.524. The van der Waals surface area contributed by atoms with Crippen LogP contribution in [0.3, 0.4) is 0 Å². The highest BCUT2D eigenvalue weighted by molar-refractivity contribution is 14.1. The summed E-state index contributed by atoms with van der Waals surface area (Å²) < 4.78 is 2.94. The van der Waals surface area contributed by atoms with Gasteiger partial charge < -0.3 is 4.57 Å². The second kappa shape index (κ2) is 3.90. The number of nitriles is 1. The van der Waals surface area contributed by atoms with E-state index in [4.69, 9.17) is 5.26 Å². The van der Waals surface area contributed by atoms with Crippen LogP contribution in [-0.4, -0.2) is 9.55 Å². The fourth-order valence-electron chi connectivity index (χ4n) is 0.963. The lowest BCUT2D eigenvalue weighted by Gasteiger charge is -2.05. The number of nitrogens with zero attached hydrogens (tertiary/aromatic N) is 3. The summed E-state index contributed by atoms with van der Waals surface area (Å²) in [6.45, 7) is 5.21. The van der Waals surface area contributed by atoms with E-state index < -0.39 is 0 Å². The Morgan fingerprint density at radius 3 is 2.83 bits per heavy atom. The van der Waals surface area contributed by atoms with Crippen molar-refractivity contribution in [3.05, 3.63) is 15.7 Å². The van der Waals surface area contributed by atoms with Crippen molar-refractivity contribution >= 4 is 22.6 Å². The molecular formula is C8H10IN3. The maximum absolute atomic E-state index is 8.64. The summed E-state index contributed by atoms with van der Waals surface area (Å²) in [5, 5.41) is 8.64. The van der Waals surface area contributed by atoms with Crippen LogP contribution in [0, 0.1) is 20.9 Å². The Morgan fingerprint density at radius 1 is 1.75 bits per heavy atom. The Bertz CT molecular complexity index is 309. The standard InChI is InChI=1S/C8H10IN3/c1-6(2)4-12-5-11-7(3-10)8(12)9/h5-6H,4H2,1-2H3. The lowest BCUT2D eigenvalue weighted by atomic mass is 10.2. The maximum atomic E-state index is 8.64. The molecule has 12 heavy (non-hydrogen) atoms. The molecule has 1 rings (SSSR count). The number of aromatic nitrogens is 2. The van der Waals surface area contributed by atoms with Crippen molar-refractivity contribution in [1.82, 2.24) is 9.55 Å².